The SMILES string of the molecule is CC(C)(C)c1cc(-c2ccccc2)c(N2c3cc(-n4c5ccc6cccc7c8cccc9ccc4c(c98)c5c67)ccc3B3c4ccc(-n5c6ccc7cccc8c9cccc%10ccc5c(c%109)c6c78)cc4N(c4c(-c5ccccc5)cc(C(C)(C)C)cc4-c4ccc5oc6ccccc6c5c4)c4cc(C(C)(C)C)cc2c43)c(-c2ccc3oc4ccccc4c3c2)c1. The van der Waals surface area contributed by atoms with E-state index in [0.29, 0.717) is 0 Å². The fourth-order valence-electron chi connectivity index (χ4n) is 22.6. The second-order valence-electron chi connectivity index (χ2n) is 38.6. The summed E-state index contributed by atoms with van der Waals surface area (Å²) in [5, 5.41) is 24.9. The van der Waals surface area contributed by atoms with Gasteiger partial charge in [-0.15, -0.1) is 0 Å². The van der Waals surface area contributed by atoms with E-state index in [1.165, 1.54) is 141 Å². The molecule has 125 heavy (non-hydrogen) atoms. The lowest BCUT2D eigenvalue weighted by Crippen LogP contribution is -2.61. The summed E-state index contributed by atoms with van der Waals surface area (Å²) in [6.45, 7) is 21.2. The maximum Gasteiger partial charge on any atom is 0.252 e. The van der Waals surface area contributed by atoms with Crippen LogP contribution in [0.15, 0.2) is 349 Å². The first-order valence-electron chi connectivity index (χ1n) is 44.1. The Morgan fingerprint density at radius 3 is 0.912 bits per heavy atom. The Labute approximate surface area is 723 Å². The molecule has 0 saturated carbocycles. The summed E-state index contributed by atoms with van der Waals surface area (Å²) in [6.07, 6.45) is 0. The molecule has 590 valence electrons. The first-order chi connectivity index (χ1) is 60.9. The molecule has 0 aliphatic carbocycles. The number of benzene rings is 21. The number of para-hydroxylation sites is 2. The molecule has 2 aliphatic rings. The van der Waals surface area contributed by atoms with Gasteiger partial charge in [0.15, 0.2) is 0 Å². The third kappa shape index (κ3) is 9.81. The number of fused-ring (bicyclic) bond motifs is 12. The number of nitrogens with zero attached hydrogens (tertiary/aromatic N) is 4. The van der Waals surface area contributed by atoms with Gasteiger partial charge < -0.3 is 27.8 Å². The fraction of sp³-hybridized carbons (Fsp3) is 0.102. The Balaban J connectivity index is 0.826. The van der Waals surface area contributed by atoms with Gasteiger partial charge in [0.05, 0.1) is 33.4 Å². The fourth-order valence-corrected chi connectivity index (χ4v) is 22.6. The smallest absolute Gasteiger partial charge is 0.252 e. The van der Waals surface area contributed by atoms with Gasteiger partial charge in [-0.05, 0) is 258 Å². The molecule has 27 rings (SSSR count). The Bertz CT molecular complexity index is 8230. The minimum Gasteiger partial charge on any atom is -0.456 e. The van der Waals surface area contributed by atoms with Gasteiger partial charge in [0.25, 0.3) is 6.71 Å². The summed E-state index contributed by atoms with van der Waals surface area (Å²) in [5.41, 5.74) is 32.3. The van der Waals surface area contributed by atoms with Crippen LogP contribution in [0.25, 0.3) is 208 Å². The molecule has 7 heteroatoms. The highest BCUT2D eigenvalue weighted by molar-refractivity contribution is 7.00. The van der Waals surface area contributed by atoms with Gasteiger partial charge in [-0.1, -0.05) is 281 Å². The molecule has 25 aromatic rings. The minimum absolute atomic E-state index is 0.279. The highest BCUT2D eigenvalue weighted by Gasteiger charge is 2.47. The summed E-state index contributed by atoms with van der Waals surface area (Å²) < 4.78 is 18.8. The van der Waals surface area contributed by atoms with Crippen LogP contribution in [-0.4, -0.2) is 15.8 Å². The van der Waals surface area contributed by atoms with Crippen LogP contribution < -0.4 is 26.2 Å². The van der Waals surface area contributed by atoms with Crippen LogP contribution in [0.4, 0.5) is 34.1 Å². The van der Waals surface area contributed by atoms with Crippen molar-refractivity contribution >= 4 is 209 Å². The molecule has 6 heterocycles. The van der Waals surface area contributed by atoms with Crippen molar-refractivity contribution in [1.82, 2.24) is 9.13 Å². The summed E-state index contributed by atoms with van der Waals surface area (Å²) in [5.74, 6) is 0. The van der Waals surface area contributed by atoms with Crippen molar-refractivity contribution in [3.05, 3.63) is 356 Å². The quantitative estimate of drug-likeness (QED) is 0.0864. The van der Waals surface area contributed by atoms with Gasteiger partial charge in [0.1, 0.15) is 22.3 Å². The van der Waals surface area contributed by atoms with E-state index in [1.54, 1.807) is 0 Å². The predicted octanol–water partition coefficient (Wildman–Crippen LogP) is 31.0. The largest absolute Gasteiger partial charge is 0.456 e. The van der Waals surface area contributed by atoms with Gasteiger partial charge in [0.2, 0.25) is 0 Å². The number of furan rings is 2. The van der Waals surface area contributed by atoms with Crippen molar-refractivity contribution in [3.8, 4) is 55.9 Å². The zero-order chi connectivity index (χ0) is 83.3. The normalized spacial score (nSPS) is 13.4. The lowest BCUT2D eigenvalue weighted by molar-refractivity contribution is 0.590. The highest BCUT2D eigenvalue weighted by atomic mass is 16.3. The van der Waals surface area contributed by atoms with Crippen molar-refractivity contribution < 1.29 is 8.83 Å². The first-order valence-corrected chi connectivity index (χ1v) is 44.1. The molecule has 2 aliphatic heterocycles. The van der Waals surface area contributed by atoms with Crippen LogP contribution in [0.3, 0.4) is 0 Å². The Hall–Kier alpha value is -14.9. The summed E-state index contributed by atoms with van der Waals surface area (Å²) in [4.78, 5) is 5.54. The molecular weight excluding hydrogens is 1520 g/mol. The van der Waals surface area contributed by atoms with Crippen LogP contribution in [0.5, 0.6) is 0 Å². The van der Waals surface area contributed by atoms with Gasteiger partial charge in [-0.25, -0.2) is 0 Å². The third-order valence-electron chi connectivity index (χ3n) is 28.5. The van der Waals surface area contributed by atoms with E-state index in [1.807, 2.05) is 0 Å². The number of rotatable bonds is 8. The zero-order valence-electron chi connectivity index (χ0n) is 71.0. The molecule has 4 aromatic heterocycles. The van der Waals surface area contributed by atoms with E-state index in [4.69, 9.17) is 8.83 Å². The minimum atomic E-state index is -0.414. The average molecular weight is 1600 g/mol. The van der Waals surface area contributed by atoms with Gasteiger partial charge in [-0.2, -0.15) is 0 Å². The average Bonchev–Trinajstić information content (AvgIpc) is 1.60. The highest BCUT2D eigenvalue weighted by Crippen LogP contribution is 2.58. The monoisotopic (exact) mass is 1600 g/mol. The number of aromatic nitrogens is 2. The second kappa shape index (κ2) is 24.9. The van der Waals surface area contributed by atoms with Crippen molar-refractivity contribution in [2.75, 3.05) is 9.80 Å². The molecular formula is C118H83BN4O2. The molecule has 21 aromatic carbocycles. The molecule has 0 radical (unpaired) electrons. The van der Waals surface area contributed by atoms with E-state index in [0.717, 1.165) is 134 Å². The Kier molecular flexibility index (Phi) is 14.1. The molecule has 0 amide bonds. The van der Waals surface area contributed by atoms with E-state index in [2.05, 4.69) is 421 Å². The lowest BCUT2D eigenvalue weighted by Gasteiger charge is -2.47. The van der Waals surface area contributed by atoms with E-state index >= 15 is 0 Å². The van der Waals surface area contributed by atoms with Crippen molar-refractivity contribution in [2.24, 2.45) is 0 Å². The molecule has 0 fully saturated rings. The zero-order valence-corrected chi connectivity index (χ0v) is 71.0. The van der Waals surface area contributed by atoms with Crippen LogP contribution in [0, 0.1) is 0 Å². The van der Waals surface area contributed by atoms with E-state index in [9.17, 15) is 0 Å². The third-order valence-corrected chi connectivity index (χ3v) is 28.5. The number of anilines is 6. The molecule has 6 nitrogen and oxygen atoms in total. The number of hydrogen-bond donors (Lipinski definition) is 0. The molecule has 0 unspecified atom stereocenters. The van der Waals surface area contributed by atoms with Crippen molar-refractivity contribution in [1.29, 1.82) is 0 Å². The molecule has 0 bridgehead atoms. The Morgan fingerprint density at radius 2 is 0.552 bits per heavy atom. The van der Waals surface area contributed by atoms with E-state index in [-0.39, 0.29) is 17.5 Å². The van der Waals surface area contributed by atoms with Crippen LogP contribution in [-0.2, 0) is 16.2 Å². The number of hydrogen-bond acceptors (Lipinski definition) is 4. The standard InChI is InChI=1S/C118H83BN4O2/c1-116(2,3)74-58-85(66-24-12-10-13-25-66)114(87(60-74)72-44-54-103-89(56-72)79-32-16-18-38-101(79)124-103)122-97-64-77(120-93-50-40-68-28-20-34-81-82-35-21-29-69-41-51-94(120)110(106(69)82)109(93)105(68)81)46-48-91(97)119-92-49-47-78(121-95-52-42-70-30-22-36-83-84-37-23-31-71-43-53-96(121)112(108(71)84)111(95)107(70)83)65-98(92)123(100-63-76(118(7,8)9)62-99(122)113(100)119)115-86(67-26-14-11-15-27-67)59-75(117(4,5)6)61-88(115)73-45-55-104-90(57-73)80-33-17-19-39-102(80)125-104/h10-65H,1-9H3. The Morgan fingerprint density at radius 1 is 0.232 bits per heavy atom. The second-order valence-corrected chi connectivity index (χ2v) is 38.6. The maximum absolute atomic E-state index is 6.78. The lowest BCUT2D eigenvalue weighted by atomic mass is 9.33. The van der Waals surface area contributed by atoms with Crippen molar-refractivity contribution in [3.63, 3.8) is 0 Å². The summed E-state index contributed by atoms with van der Waals surface area (Å²) in [7, 11) is 0. The van der Waals surface area contributed by atoms with Gasteiger partial charge in [0, 0.05) is 99.5 Å². The van der Waals surface area contributed by atoms with Gasteiger partial charge in [-0.3, -0.25) is 0 Å². The molecule has 0 saturated heterocycles. The van der Waals surface area contributed by atoms with Crippen LogP contribution in [0.2, 0.25) is 0 Å². The molecule has 0 atom stereocenters. The maximum atomic E-state index is 6.78. The summed E-state index contributed by atoms with van der Waals surface area (Å²) >= 11 is 0. The molecule has 0 N–H and O–H groups in total. The topological polar surface area (TPSA) is 42.6 Å². The van der Waals surface area contributed by atoms with Crippen LogP contribution >= 0.6 is 0 Å². The molecule has 0 spiro atoms. The van der Waals surface area contributed by atoms with E-state index < -0.39 is 5.41 Å². The first kappa shape index (κ1) is 70.7. The van der Waals surface area contributed by atoms with Crippen molar-refractivity contribution in [2.45, 2.75) is 78.6 Å². The van der Waals surface area contributed by atoms with Gasteiger partial charge >= 0.3 is 0 Å². The predicted molar refractivity (Wildman–Crippen MR) is 531 cm³/mol. The van der Waals surface area contributed by atoms with Crippen LogP contribution in [0.1, 0.15) is 79.0 Å². The summed E-state index contributed by atoms with van der Waals surface area (Å²) in [6, 6.07) is 131.